The van der Waals surface area contributed by atoms with E-state index in [1.807, 2.05) is 0 Å². The minimum atomic E-state index is 0.874. The number of aryl methyl sites for hydroxylation is 4. The Morgan fingerprint density at radius 1 is 0.328 bits per heavy atom. The zero-order valence-electron chi connectivity index (χ0n) is 32.9. The lowest BCUT2D eigenvalue weighted by molar-refractivity contribution is 0.651. The fourth-order valence-corrected chi connectivity index (χ4v) is 9.02. The number of nitrogens with zero attached hydrogens (tertiary/aromatic N) is 2. The van der Waals surface area contributed by atoms with Gasteiger partial charge in [0.1, 0.15) is 22.3 Å². The molecule has 2 aromatic heterocycles. The normalized spacial score (nSPS) is 11.8. The summed E-state index contributed by atoms with van der Waals surface area (Å²) in [4.78, 5) is 4.63. The van der Waals surface area contributed by atoms with Crippen LogP contribution >= 0.6 is 0 Å². The summed E-state index contributed by atoms with van der Waals surface area (Å²) >= 11 is 0. The van der Waals surface area contributed by atoms with Crippen molar-refractivity contribution in [3.63, 3.8) is 0 Å². The molecular formula is C54H40N2O2. The molecule has 0 bridgehead atoms. The molecule has 0 spiro atoms. The van der Waals surface area contributed by atoms with E-state index >= 15 is 0 Å². The van der Waals surface area contributed by atoms with Gasteiger partial charge in [0.25, 0.3) is 0 Å². The fraction of sp³-hybridized carbons (Fsp3) is 0.0741. The minimum absolute atomic E-state index is 0.874. The van der Waals surface area contributed by atoms with E-state index in [0.717, 1.165) is 94.3 Å². The van der Waals surface area contributed by atoms with Crippen molar-refractivity contribution < 1.29 is 8.83 Å². The van der Waals surface area contributed by atoms with Crippen LogP contribution in [-0.4, -0.2) is 0 Å². The largest absolute Gasteiger partial charge is 0.456 e. The summed E-state index contributed by atoms with van der Waals surface area (Å²) in [6.45, 7) is 8.62. The van der Waals surface area contributed by atoms with E-state index in [9.17, 15) is 0 Å². The Kier molecular flexibility index (Phi) is 7.70. The van der Waals surface area contributed by atoms with Gasteiger partial charge >= 0.3 is 0 Å². The molecule has 0 radical (unpaired) electrons. The van der Waals surface area contributed by atoms with Gasteiger partial charge in [0, 0.05) is 61.2 Å². The molecule has 0 atom stereocenters. The maximum atomic E-state index is 6.79. The predicted octanol–water partition coefficient (Wildman–Crippen LogP) is 16.0. The molecule has 0 saturated heterocycles. The van der Waals surface area contributed by atoms with Gasteiger partial charge in [-0.3, -0.25) is 0 Å². The lowest BCUT2D eigenvalue weighted by Gasteiger charge is -2.26. The lowest BCUT2D eigenvalue weighted by Crippen LogP contribution is -2.09. The summed E-state index contributed by atoms with van der Waals surface area (Å²) in [7, 11) is 0. The molecule has 4 nitrogen and oxygen atoms in total. The molecule has 0 N–H and O–H groups in total. The summed E-state index contributed by atoms with van der Waals surface area (Å²) in [6, 6.07) is 60.9. The van der Waals surface area contributed by atoms with E-state index in [1.165, 1.54) is 27.5 Å². The van der Waals surface area contributed by atoms with Gasteiger partial charge in [0.15, 0.2) is 0 Å². The third kappa shape index (κ3) is 5.44. The minimum Gasteiger partial charge on any atom is -0.456 e. The highest BCUT2D eigenvalue weighted by molar-refractivity contribution is 6.22. The molecule has 0 amide bonds. The molecule has 9 aromatic carbocycles. The van der Waals surface area contributed by atoms with Crippen molar-refractivity contribution in [3.05, 3.63) is 192 Å². The third-order valence-electron chi connectivity index (χ3n) is 11.8. The smallest absolute Gasteiger partial charge is 0.142 e. The molecule has 11 aromatic rings. The Labute approximate surface area is 336 Å². The fourth-order valence-electron chi connectivity index (χ4n) is 9.02. The maximum absolute atomic E-state index is 6.79. The topological polar surface area (TPSA) is 32.8 Å². The maximum Gasteiger partial charge on any atom is 0.142 e. The zero-order chi connectivity index (χ0) is 39.1. The van der Waals surface area contributed by atoms with Gasteiger partial charge in [-0.15, -0.1) is 0 Å². The van der Waals surface area contributed by atoms with Crippen molar-refractivity contribution in [3.8, 4) is 0 Å². The van der Waals surface area contributed by atoms with Crippen LogP contribution < -0.4 is 9.80 Å². The first-order valence-electron chi connectivity index (χ1n) is 19.9. The molecular weight excluding hydrogens is 709 g/mol. The SMILES string of the molecule is Cc1cccc(N(c2ccccc2)c2ccc3cc4c(cc3c2)oc2c(C)c3oc5cc6cc(N(c7ccccc7)c7cccc(C)c7)ccc6cc5c3c(C)c24)c1. The van der Waals surface area contributed by atoms with Gasteiger partial charge in [-0.1, -0.05) is 72.8 Å². The molecule has 0 fully saturated rings. The summed E-state index contributed by atoms with van der Waals surface area (Å²) < 4.78 is 13.6. The Bertz CT molecular complexity index is 3170. The summed E-state index contributed by atoms with van der Waals surface area (Å²) in [5.74, 6) is 0. The van der Waals surface area contributed by atoms with E-state index < -0.39 is 0 Å². The van der Waals surface area contributed by atoms with Crippen LogP contribution in [0, 0.1) is 27.7 Å². The van der Waals surface area contributed by atoms with E-state index in [-0.39, 0.29) is 0 Å². The highest BCUT2D eigenvalue weighted by atomic mass is 16.3. The van der Waals surface area contributed by atoms with E-state index in [4.69, 9.17) is 8.83 Å². The molecule has 4 heteroatoms. The third-order valence-corrected chi connectivity index (χ3v) is 11.8. The average Bonchev–Trinajstić information content (AvgIpc) is 3.81. The Morgan fingerprint density at radius 2 is 0.741 bits per heavy atom. The van der Waals surface area contributed by atoms with Crippen LogP contribution in [0.3, 0.4) is 0 Å². The number of rotatable bonds is 6. The van der Waals surface area contributed by atoms with Crippen molar-refractivity contribution in [1.29, 1.82) is 0 Å². The van der Waals surface area contributed by atoms with Crippen LogP contribution in [0.25, 0.3) is 65.4 Å². The second kappa shape index (κ2) is 13.1. The van der Waals surface area contributed by atoms with Gasteiger partial charge in [-0.05, 0) is 163 Å². The predicted molar refractivity (Wildman–Crippen MR) is 244 cm³/mol. The monoisotopic (exact) mass is 748 g/mol. The Balaban J connectivity index is 1.05. The Morgan fingerprint density at radius 3 is 1.17 bits per heavy atom. The van der Waals surface area contributed by atoms with Gasteiger partial charge < -0.3 is 18.6 Å². The Hall–Kier alpha value is -7.30. The molecule has 0 saturated carbocycles. The van der Waals surface area contributed by atoms with Gasteiger partial charge in [-0.2, -0.15) is 0 Å². The number of fused-ring (bicyclic) bond motifs is 8. The standard InChI is InChI=1S/C54H40N2O2/c1-33-13-11-19-43(25-33)55(41-15-7-5-8-16-41)45-23-21-37-29-47-49(31-39(37)27-45)57-53-36(4)54-52(35(3)51(47)53)48-30-38-22-24-46(28-40(38)32-50(48)58-54)56(42-17-9-6-10-18-42)44-20-12-14-34(2)26-44/h5-32H,1-4H3. The van der Waals surface area contributed by atoms with Crippen molar-refractivity contribution in [2.75, 3.05) is 9.80 Å². The van der Waals surface area contributed by atoms with Crippen LogP contribution in [0.5, 0.6) is 0 Å². The summed E-state index contributed by atoms with van der Waals surface area (Å²) in [6.07, 6.45) is 0. The van der Waals surface area contributed by atoms with E-state index in [0.29, 0.717) is 0 Å². The summed E-state index contributed by atoms with van der Waals surface area (Å²) in [5, 5.41) is 9.12. The van der Waals surface area contributed by atoms with Crippen molar-refractivity contribution in [2.45, 2.75) is 27.7 Å². The zero-order valence-corrected chi connectivity index (χ0v) is 32.9. The van der Waals surface area contributed by atoms with Crippen LogP contribution in [0.15, 0.2) is 179 Å². The van der Waals surface area contributed by atoms with Crippen LogP contribution in [0.1, 0.15) is 22.3 Å². The lowest BCUT2D eigenvalue weighted by atomic mass is 9.96. The first-order chi connectivity index (χ1) is 28.4. The molecule has 2 heterocycles. The molecule has 0 unspecified atom stereocenters. The van der Waals surface area contributed by atoms with Crippen LogP contribution in [0.4, 0.5) is 34.1 Å². The van der Waals surface area contributed by atoms with Crippen LogP contribution in [-0.2, 0) is 0 Å². The van der Waals surface area contributed by atoms with E-state index in [1.54, 1.807) is 0 Å². The molecule has 0 aliphatic carbocycles. The molecule has 58 heavy (non-hydrogen) atoms. The second-order valence-electron chi connectivity index (χ2n) is 15.6. The molecule has 278 valence electrons. The van der Waals surface area contributed by atoms with Crippen molar-refractivity contribution >= 4 is 99.5 Å². The highest BCUT2D eigenvalue weighted by Gasteiger charge is 2.23. The average molecular weight is 749 g/mol. The molecule has 11 rings (SSSR count). The number of anilines is 6. The van der Waals surface area contributed by atoms with Gasteiger partial charge in [0.05, 0.1) is 0 Å². The second-order valence-corrected chi connectivity index (χ2v) is 15.6. The van der Waals surface area contributed by atoms with Crippen molar-refractivity contribution in [2.24, 2.45) is 0 Å². The van der Waals surface area contributed by atoms with Gasteiger partial charge in [0.2, 0.25) is 0 Å². The highest BCUT2D eigenvalue weighted by Crippen LogP contribution is 2.46. The number of para-hydroxylation sites is 2. The first-order valence-corrected chi connectivity index (χ1v) is 19.9. The number of hydrogen-bond acceptors (Lipinski definition) is 4. The van der Waals surface area contributed by atoms with E-state index in [2.05, 4.69) is 207 Å². The summed E-state index contributed by atoms with van der Waals surface area (Å²) in [5.41, 5.74) is 14.8. The number of furan rings is 2. The van der Waals surface area contributed by atoms with Crippen molar-refractivity contribution in [1.82, 2.24) is 0 Å². The quantitative estimate of drug-likeness (QED) is 0.170. The van der Waals surface area contributed by atoms with Gasteiger partial charge in [-0.25, -0.2) is 0 Å². The molecule has 0 aliphatic heterocycles. The number of hydrogen-bond donors (Lipinski definition) is 0. The number of benzene rings is 9. The first kappa shape index (κ1) is 34.0. The van der Waals surface area contributed by atoms with Crippen LogP contribution in [0.2, 0.25) is 0 Å². The molecule has 0 aliphatic rings.